The van der Waals surface area contributed by atoms with Gasteiger partial charge in [0.15, 0.2) is 0 Å². The summed E-state index contributed by atoms with van der Waals surface area (Å²) < 4.78 is 30.1. The summed E-state index contributed by atoms with van der Waals surface area (Å²) in [6.45, 7) is 13.0. The Morgan fingerprint density at radius 3 is 2.22 bits per heavy atom. The Morgan fingerprint density at radius 1 is 0.969 bits per heavy atom. The van der Waals surface area contributed by atoms with Crippen molar-refractivity contribution in [2.45, 2.75) is 52.4 Å². The maximum absolute atomic E-state index is 12.8. The van der Waals surface area contributed by atoms with Gasteiger partial charge in [0.25, 0.3) is 0 Å². The van der Waals surface area contributed by atoms with Crippen LogP contribution in [0.3, 0.4) is 0 Å². The Hall–Kier alpha value is -2.34. The van der Waals surface area contributed by atoms with E-state index in [9.17, 15) is 4.79 Å². The van der Waals surface area contributed by atoms with Gasteiger partial charge >= 0.3 is 189 Å². The van der Waals surface area contributed by atoms with Gasteiger partial charge in [-0.15, -0.1) is 0 Å². The first-order valence-corrected chi connectivity index (χ1v) is 12.7. The predicted molar refractivity (Wildman–Crippen MR) is 125 cm³/mol. The molecule has 174 valence electrons. The van der Waals surface area contributed by atoms with Crippen LogP contribution in [0, 0.1) is 0 Å². The molecule has 0 bridgehead atoms. The van der Waals surface area contributed by atoms with E-state index >= 15 is 0 Å². The van der Waals surface area contributed by atoms with Crippen molar-refractivity contribution in [3.63, 3.8) is 0 Å². The van der Waals surface area contributed by atoms with E-state index in [2.05, 4.69) is 52.9 Å². The van der Waals surface area contributed by atoms with E-state index in [4.69, 9.17) is 22.6 Å². The molecule has 0 radical (unpaired) electrons. The van der Waals surface area contributed by atoms with E-state index in [1.165, 1.54) is 0 Å². The van der Waals surface area contributed by atoms with Crippen molar-refractivity contribution in [1.29, 1.82) is 0 Å². The molecule has 0 atom stereocenters. The fraction of sp³-hybridized carbons (Fsp3) is 0.458. The molecule has 1 saturated heterocycles. The van der Waals surface area contributed by atoms with Gasteiger partial charge in [-0.1, -0.05) is 0 Å². The first kappa shape index (κ1) is 22.8. The summed E-state index contributed by atoms with van der Waals surface area (Å²) in [6.07, 6.45) is 0. The van der Waals surface area contributed by atoms with Crippen LogP contribution >= 0.6 is 7.74 Å². The summed E-state index contributed by atoms with van der Waals surface area (Å²) in [5.74, 6) is 0.397. The summed E-state index contributed by atoms with van der Waals surface area (Å²) in [5, 5.41) is 3.03. The molecule has 0 aromatic heterocycles. The van der Waals surface area contributed by atoms with Crippen LogP contribution in [0.15, 0.2) is 42.5 Å². The van der Waals surface area contributed by atoms with Crippen LogP contribution in [0.2, 0.25) is 0 Å². The molecule has 2 heterocycles. The zero-order chi connectivity index (χ0) is 23.2. The number of carbonyl (C=O) groups is 1. The fourth-order valence-electron chi connectivity index (χ4n) is 3.62. The van der Waals surface area contributed by atoms with Gasteiger partial charge < -0.3 is 0 Å². The molecular weight excluding hydrogens is 429 g/mol. The van der Waals surface area contributed by atoms with Gasteiger partial charge in [0, 0.05) is 0 Å². The van der Waals surface area contributed by atoms with E-state index in [1.807, 2.05) is 36.4 Å². The molecule has 1 spiro atoms. The van der Waals surface area contributed by atoms with Crippen molar-refractivity contribution < 1.29 is 27.4 Å². The second kappa shape index (κ2) is 7.62. The van der Waals surface area contributed by atoms with Crippen LogP contribution in [0.5, 0.6) is 11.5 Å². The van der Waals surface area contributed by atoms with Crippen molar-refractivity contribution in [1.82, 2.24) is 0 Å². The standard InChI is InChI=1S/C24H32NO6P/c1-23(2,3)17-14-19(24(4,5)6)22-20(15-17)29-32(31-22,27-12-13-28-32)30-21(26)16-25-18-10-8-7-9-11-18/h7-11,14-15,25H,12-13,16H2,1-6H3. The summed E-state index contributed by atoms with van der Waals surface area (Å²) in [6, 6.07) is 13.4. The molecule has 1 N–H and O–H groups in total. The summed E-state index contributed by atoms with van der Waals surface area (Å²) in [4.78, 5) is 12.8. The number of anilines is 1. The predicted octanol–water partition coefficient (Wildman–Crippen LogP) is 5.88. The Balaban J connectivity index is 1.66. The maximum atomic E-state index is 12.8. The Labute approximate surface area is 189 Å². The first-order valence-electron chi connectivity index (χ1n) is 10.8. The fourth-order valence-corrected chi connectivity index (χ4v) is 6.21. The van der Waals surface area contributed by atoms with E-state index in [0.29, 0.717) is 11.5 Å². The van der Waals surface area contributed by atoms with Crippen LogP contribution in [-0.4, -0.2) is 25.7 Å². The van der Waals surface area contributed by atoms with Crippen LogP contribution in [0.1, 0.15) is 52.7 Å². The van der Waals surface area contributed by atoms with Crippen molar-refractivity contribution in [2.24, 2.45) is 0 Å². The molecule has 2 aromatic rings. The molecule has 8 heteroatoms. The van der Waals surface area contributed by atoms with E-state index < -0.39 is 13.7 Å². The molecule has 0 amide bonds. The van der Waals surface area contributed by atoms with Crippen molar-refractivity contribution in [2.75, 3.05) is 25.1 Å². The number of benzene rings is 2. The topological polar surface area (TPSA) is 75.3 Å². The molecule has 1 fully saturated rings. The summed E-state index contributed by atoms with van der Waals surface area (Å²) in [5.41, 5.74) is 2.46. The van der Waals surface area contributed by atoms with Crippen LogP contribution < -0.4 is 14.4 Å². The normalized spacial score (nSPS) is 19.9. The van der Waals surface area contributed by atoms with Crippen molar-refractivity contribution in [3.8, 4) is 11.5 Å². The quantitative estimate of drug-likeness (QED) is 0.570. The molecule has 0 unspecified atom stereocenters. The molecule has 7 nitrogen and oxygen atoms in total. The second-order valence-electron chi connectivity index (χ2n) is 10.1. The van der Waals surface area contributed by atoms with E-state index in [0.717, 1.165) is 16.8 Å². The number of nitrogens with one attached hydrogen (secondary N) is 1. The molecule has 2 aliphatic heterocycles. The van der Waals surface area contributed by atoms with Gasteiger partial charge in [0.05, 0.1) is 0 Å². The van der Waals surface area contributed by atoms with Gasteiger partial charge in [-0.05, 0) is 0 Å². The number of hydrogen-bond donors (Lipinski definition) is 1. The number of fused-ring (bicyclic) bond motifs is 1. The molecule has 2 aliphatic rings. The molecule has 4 rings (SSSR count). The number of carbonyl (C=O) groups excluding carboxylic acids is 1. The summed E-state index contributed by atoms with van der Waals surface area (Å²) in [7, 11) is -4.60. The van der Waals surface area contributed by atoms with E-state index in [-0.39, 0.29) is 30.6 Å². The second-order valence-corrected chi connectivity index (χ2v) is 12.7. The summed E-state index contributed by atoms with van der Waals surface area (Å²) >= 11 is 0. The molecule has 32 heavy (non-hydrogen) atoms. The average Bonchev–Trinajstić information content (AvgIpc) is 3.25. The SMILES string of the molecule is CC(C)(C)c1cc2c(c(C(C)(C)C)c1)OP1(OC(=O)CNc3ccccc3)(OCCO1)O2. The van der Waals surface area contributed by atoms with Crippen LogP contribution in [-0.2, 0) is 29.2 Å². The van der Waals surface area contributed by atoms with Crippen molar-refractivity contribution >= 4 is 19.4 Å². The zero-order valence-electron chi connectivity index (χ0n) is 19.6. The van der Waals surface area contributed by atoms with Gasteiger partial charge in [0.2, 0.25) is 0 Å². The minimum absolute atomic E-state index is 0.0862. The minimum atomic E-state index is -4.60. The van der Waals surface area contributed by atoms with Gasteiger partial charge in [0.1, 0.15) is 0 Å². The number of hydrogen-bond acceptors (Lipinski definition) is 7. The Kier molecular flexibility index (Phi) is 5.44. The Bertz CT molecular complexity index is 1020. The molecule has 0 saturated carbocycles. The third kappa shape index (κ3) is 4.29. The number of para-hydroxylation sites is 1. The molecular formula is C24H32NO6P. The van der Waals surface area contributed by atoms with Crippen LogP contribution in [0.25, 0.3) is 0 Å². The van der Waals surface area contributed by atoms with Crippen LogP contribution in [0.4, 0.5) is 5.69 Å². The van der Waals surface area contributed by atoms with Gasteiger partial charge in [-0.3, -0.25) is 0 Å². The average molecular weight is 461 g/mol. The first-order chi connectivity index (χ1) is 14.9. The number of rotatable bonds is 4. The molecule has 0 aliphatic carbocycles. The van der Waals surface area contributed by atoms with Gasteiger partial charge in [-0.2, -0.15) is 0 Å². The monoisotopic (exact) mass is 461 g/mol. The third-order valence-corrected chi connectivity index (χ3v) is 8.05. The molecule has 2 aromatic carbocycles. The van der Waals surface area contributed by atoms with E-state index in [1.54, 1.807) is 0 Å². The van der Waals surface area contributed by atoms with Gasteiger partial charge in [-0.25, -0.2) is 0 Å². The van der Waals surface area contributed by atoms with Crippen molar-refractivity contribution in [3.05, 3.63) is 53.6 Å². The third-order valence-electron chi connectivity index (χ3n) is 5.37. The Morgan fingerprint density at radius 2 is 1.62 bits per heavy atom. The zero-order valence-corrected chi connectivity index (χ0v) is 20.5.